The van der Waals surface area contributed by atoms with Gasteiger partial charge in [-0.15, -0.1) is 0 Å². The van der Waals surface area contributed by atoms with Crippen molar-refractivity contribution in [1.82, 2.24) is 4.98 Å². The van der Waals surface area contributed by atoms with Gasteiger partial charge in [0.1, 0.15) is 0 Å². The Bertz CT molecular complexity index is 333. The predicted molar refractivity (Wildman–Crippen MR) is 61.1 cm³/mol. The second-order valence-electron chi connectivity index (χ2n) is 2.00. The van der Waals surface area contributed by atoms with Crippen LogP contribution in [0.2, 0.25) is 0 Å². The molecule has 0 spiro atoms. The molecule has 2 nitrogen and oxygen atoms in total. The van der Waals surface area contributed by atoms with Gasteiger partial charge in [-0.2, -0.15) is 0 Å². The Morgan fingerprint density at radius 3 is 2.54 bits per heavy atom. The minimum atomic E-state index is -0.0343. The van der Waals surface area contributed by atoms with Crippen molar-refractivity contribution in [3.63, 3.8) is 0 Å². The molecule has 0 unspecified atom stereocenters. The summed E-state index contributed by atoms with van der Waals surface area (Å²) in [4.78, 5) is 14.4. The molecule has 0 bridgehead atoms. The largest absolute Gasteiger partial charge is 0.312 e. The zero-order chi connectivity index (χ0) is 10.3. The number of aromatic nitrogens is 1. The van der Waals surface area contributed by atoms with E-state index in [0.717, 1.165) is 10.6 Å². The molecule has 0 fully saturated rings. The lowest BCUT2D eigenvalue weighted by molar-refractivity contribution is 1.31. The Morgan fingerprint density at radius 1 is 1.46 bits per heavy atom. The molecule has 0 aliphatic carbocycles. The average molecular weight is 197 g/mol. The molecule has 1 N–H and O–H groups in total. The van der Waals surface area contributed by atoms with Gasteiger partial charge in [0.05, 0.1) is 10.6 Å². The monoisotopic (exact) mass is 197 g/mol. The van der Waals surface area contributed by atoms with E-state index in [2.05, 4.69) is 11.6 Å². The Labute approximate surface area is 82.6 Å². The fourth-order valence-electron chi connectivity index (χ4n) is 0.794. The molecular weight excluding hydrogens is 182 g/mol. The molecule has 0 radical (unpaired) electrons. The summed E-state index contributed by atoms with van der Waals surface area (Å²) in [5, 5.41) is 0. The van der Waals surface area contributed by atoms with E-state index in [-0.39, 0.29) is 4.87 Å². The summed E-state index contributed by atoms with van der Waals surface area (Å²) in [5.74, 6) is 0. The first-order chi connectivity index (χ1) is 6.27. The van der Waals surface area contributed by atoms with Crippen molar-refractivity contribution in [3.05, 3.63) is 32.9 Å². The van der Waals surface area contributed by atoms with Crippen LogP contribution in [0, 0.1) is 0 Å². The number of rotatable bonds is 2. The van der Waals surface area contributed by atoms with Gasteiger partial charge < -0.3 is 4.98 Å². The summed E-state index contributed by atoms with van der Waals surface area (Å²) < 4.78 is 0. The highest BCUT2D eigenvalue weighted by Crippen LogP contribution is 2.11. The maximum absolute atomic E-state index is 10.8. The van der Waals surface area contributed by atoms with Crippen LogP contribution in [0.1, 0.15) is 31.3 Å². The van der Waals surface area contributed by atoms with E-state index in [0.29, 0.717) is 0 Å². The molecule has 0 atom stereocenters. The van der Waals surface area contributed by atoms with Crippen LogP contribution in [0.4, 0.5) is 0 Å². The third kappa shape index (κ3) is 3.42. The van der Waals surface area contributed by atoms with Crippen LogP contribution >= 0.6 is 11.3 Å². The zero-order valence-electron chi connectivity index (χ0n) is 8.26. The van der Waals surface area contributed by atoms with Crippen molar-refractivity contribution in [2.24, 2.45) is 0 Å². The molecule has 0 aliphatic heterocycles. The van der Waals surface area contributed by atoms with Crippen LogP contribution in [-0.4, -0.2) is 4.98 Å². The molecule has 0 amide bonds. The second-order valence-corrected chi connectivity index (χ2v) is 3.01. The smallest absolute Gasteiger partial charge is 0.305 e. The highest BCUT2D eigenvalue weighted by Gasteiger charge is 1.99. The quantitative estimate of drug-likeness (QED) is 0.776. The molecule has 1 aromatic heterocycles. The van der Waals surface area contributed by atoms with E-state index >= 15 is 0 Å². The van der Waals surface area contributed by atoms with Crippen molar-refractivity contribution in [3.8, 4) is 0 Å². The maximum atomic E-state index is 10.8. The maximum Gasteiger partial charge on any atom is 0.305 e. The minimum Gasteiger partial charge on any atom is -0.312 e. The molecule has 13 heavy (non-hydrogen) atoms. The number of thiazole rings is 1. The number of hydrogen-bond donors (Lipinski definition) is 1. The van der Waals surface area contributed by atoms with Gasteiger partial charge in [-0.05, 0) is 19.1 Å². The van der Waals surface area contributed by atoms with Crippen molar-refractivity contribution >= 4 is 23.5 Å². The molecule has 0 saturated heterocycles. The van der Waals surface area contributed by atoms with Crippen LogP contribution in [0.5, 0.6) is 0 Å². The molecule has 1 heterocycles. The molecule has 0 saturated carbocycles. The first-order valence-corrected chi connectivity index (χ1v) is 5.08. The summed E-state index contributed by atoms with van der Waals surface area (Å²) in [6.07, 6.45) is 5.41. The Hall–Kier alpha value is -1.09. The minimum absolute atomic E-state index is 0.0343. The van der Waals surface area contributed by atoms with E-state index in [1.807, 2.05) is 32.9 Å². The molecule has 1 aromatic rings. The van der Waals surface area contributed by atoms with Crippen LogP contribution < -0.4 is 4.87 Å². The SMILES string of the molecule is C=Cc1sc(=O)[nH]c1/C=C\C.CC. The fraction of sp³-hybridized carbons (Fsp3) is 0.300. The van der Waals surface area contributed by atoms with E-state index in [1.165, 1.54) is 11.3 Å². The van der Waals surface area contributed by atoms with E-state index in [9.17, 15) is 4.79 Å². The number of hydrogen-bond acceptors (Lipinski definition) is 2. The molecule has 0 aromatic carbocycles. The van der Waals surface area contributed by atoms with Crippen LogP contribution in [0.15, 0.2) is 17.4 Å². The van der Waals surface area contributed by atoms with E-state index < -0.39 is 0 Å². The lowest BCUT2D eigenvalue weighted by atomic mass is 10.3. The third-order valence-corrected chi connectivity index (χ3v) is 2.12. The Morgan fingerprint density at radius 2 is 2.08 bits per heavy atom. The lowest BCUT2D eigenvalue weighted by Crippen LogP contribution is -1.91. The summed E-state index contributed by atoms with van der Waals surface area (Å²) in [6.45, 7) is 9.51. The number of H-pyrrole nitrogens is 1. The molecule has 0 aliphatic rings. The molecule has 1 rings (SSSR count). The van der Waals surface area contributed by atoms with Gasteiger partial charge >= 0.3 is 4.87 Å². The van der Waals surface area contributed by atoms with Gasteiger partial charge in [0.15, 0.2) is 0 Å². The Kier molecular flexibility index (Phi) is 5.89. The van der Waals surface area contributed by atoms with Gasteiger partial charge in [-0.25, -0.2) is 0 Å². The first kappa shape index (κ1) is 11.9. The van der Waals surface area contributed by atoms with Crippen molar-refractivity contribution < 1.29 is 0 Å². The zero-order valence-corrected chi connectivity index (χ0v) is 9.07. The van der Waals surface area contributed by atoms with Crippen LogP contribution in [-0.2, 0) is 0 Å². The number of aromatic amines is 1. The normalized spacial score (nSPS) is 9.46. The summed E-state index contributed by atoms with van der Waals surface area (Å²) in [6, 6.07) is 0. The summed E-state index contributed by atoms with van der Waals surface area (Å²) >= 11 is 1.17. The highest BCUT2D eigenvalue weighted by molar-refractivity contribution is 7.10. The van der Waals surface area contributed by atoms with Crippen molar-refractivity contribution in [1.29, 1.82) is 0 Å². The van der Waals surface area contributed by atoms with Crippen molar-refractivity contribution in [2.75, 3.05) is 0 Å². The topological polar surface area (TPSA) is 32.9 Å². The second kappa shape index (κ2) is 6.43. The Balaban J connectivity index is 0.000000671. The van der Waals surface area contributed by atoms with Crippen molar-refractivity contribution in [2.45, 2.75) is 20.8 Å². The number of allylic oxidation sites excluding steroid dienone is 1. The third-order valence-electron chi connectivity index (χ3n) is 1.22. The van der Waals surface area contributed by atoms with Crippen LogP contribution in [0.25, 0.3) is 12.2 Å². The summed E-state index contributed by atoms with van der Waals surface area (Å²) in [5.41, 5.74) is 0.845. The standard InChI is InChI=1S/C8H9NOS.C2H6/c1-3-5-6-7(4-2)11-8(10)9-6;1-2/h3-5H,2H2,1H3,(H,9,10);1-2H3/b5-3-;. The van der Waals surface area contributed by atoms with E-state index in [4.69, 9.17) is 0 Å². The highest BCUT2D eigenvalue weighted by atomic mass is 32.1. The van der Waals surface area contributed by atoms with Gasteiger partial charge in [0, 0.05) is 0 Å². The summed E-state index contributed by atoms with van der Waals surface area (Å²) in [7, 11) is 0. The lowest BCUT2D eigenvalue weighted by Gasteiger charge is -1.85. The van der Waals surface area contributed by atoms with Gasteiger partial charge in [-0.1, -0.05) is 37.8 Å². The molecule has 72 valence electrons. The van der Waals surface area contributed by atoms with E-state index in [1.54, 1.807) is 6.08 Å². The average Bonchev–Trinajstić information content (AvgIpc) is 2.50. The molecule has 3 heteroatoms. The fourth-order valence-corrected chi connectivity index (χ4v) is 1.47. The van der Waals surface area contributed by atoms with Gasteiger partial charge in [-0.3, -0.25) is 4.79 Å². The van der Waals surface area contributed by atoms with Gasteiger partial charge in [0.25, 0.3) is 0 Å². The number of nitrogens with one attached hydrogen (secondary N) is 1. The molecular formula is C10H15NOS. The predicted octanol–water partition coefficient (Wildman–Crippen LogP) is 3.14. The first-order valence-electron chi connectivity index (χ1n) is 4.26. The van der Waals surface area contributed by atoms with Gasteiger partial charge in [0.2, 0.25) is 0 Å². The van der Waals surface area contributed by atoms with Crippen LogP contribution in [0.3, 0.4) is 0 Å².